The van der Waals surface area contributed by atoms with E-state index in [0.29, 0.717) is 17.7 Å². The molecule has 18 heavy (non-hydrogen) atoms. The summed E-state index contributed by atoms with van der Waals surface area (Å²) >= 11 is 0. The average Bonchev–Trinajstić information content (AvgIpc) is 2.36. The molecule has 2 amide bonds. The van der Waals surface area contributed by atoms with E-state index in [-0.39, 0.29) is 5.78 Å². The molecule has 94 valence electrons. The maximum absolute atomic E-state index is 11.6. The lowest BCUT2D eigenvalue weighted by Crippen LogP contribution is -2.36. The predicted molar refractivity (Wildman–Crippen MR) is 68.3 cm³/mol. The van der Waals surface area contributed by atoms with Gasteiger partial charge in [-0.2, -0.15) is 5.26 Å². The van der Waals surface area contributed by atoms with E-state index >= 15 is 0 Å². The van der Waals surface area contributed by atoms with Crippen molar-refractivity contribution < 1.29 is 9.59 Å². The zero-order valence-corrected chi connectivity index (χ0v) is 10.4. The molecule has 5 nitrogen and oxygen atoms in total. The Morgan fingerprint density at radius 1 is 1.44 bits per heavy atom. The molecule has 1 atom stereocenters. The van der Waals surface area contributed by atoms with Crippen LogP contribution < -0.4 is 10.6 Å². The molecule has 0 saturated heterocycles. The largest absolute Gasteiger partial charge is 0.322 e. The third-order valence-electron chi connectivity index (χ3n) is 2.40. The Balaban J connectivity index is 2.68. The summed E-state index contributed by atoms with van der Waals surface area (Å²) in [7, 11) is 0. The van der Waals surface area contributed by atoms with Crippen molar-refractivity contribution in [3.05, 3.63) is 29.8 Å². The van der Waals surface area contributed by atoms with Crippen LogP contribution in [0.15, 0.2) is 24.3 Å². The number of rotatable bonds is 4. The van der Waals surface area contributed by atoms with Crippen LogP contribution in [0.5, 0.6) is 0 Å². The fraction of sp³-hybridized carbons (Fsp3) is 0.308. The van der Waals surface area contributed by atoms with E-state index in [0.717, 1.165) is 0 Å². The summed E-state index contributed by atoms with van der Waals surface area (Å²) in [6, 6.07) is 7.64. The van der Waals surface area contributed by atoms with Gasteiger partial charge in [0.15, 0.2) is 5.78 Å². The second-order valence-corrected chi connectivity index (χ2v) is 3.83. The lowest BCUT2D eigenvalue weighted by atomic mass is 10.1. The van der Waals surface area contributed by atoms with Gasteiger partial charge in [0, 0.05) is 11.3 Å². The molecule has 1 rings (SSSR count). The number of urea groups is 1. The first-order valence-electron chi connectivity index (χ1n) is 5.65. The maximum atomic E-state index is 11.6. The van der Waals surface area contributed by atoms with Crippen molar-refractivity contribution in [3.8, 4) is 6.07 Å². The Labute approximate surface area is 106 Å². The van der Waals surface area contributed by atoms with E-state index in [1.165, 1.54) is 6.92 Å². The molecule has 1 aromatic carbocycles. The Kier molecular flexibility index (Phi) is 4.88. The van der Waals surface area contributed by atoms with Crippen LogP contribution in [0.2, 0.25) is 0 Å². The second-order valence-electron chi connectivity index (χ2n) is 3.83. The Hall–Kier alpha value is -2.35. The lowest BCUT2D eigenvalue weighted by Gasteiger charge is -2.11. The van der Waals surface area contributed by atoms with Gasteiger partial charge >= 0.3 is 6.03 Å². The number of carbonyl (C=O) groups excluding carboxylic acids is 2. The summed E-state index contributed by atoms with van der Waals surface area (Å²) < 4.78 is 0. The molecule has 0 aromatic heterocycles. The van der Waals surface area contributed by atoms with E-state index in [2.05, 4.69) is 10.6 Å². The number of anilines is 1. The summed E-state index contributed by atoms with van der Waals surface area (Å²) in [6.45, 7) is 3.27. The molecule has 5 heteroatoms. The molecule has 0 bridgehead atoms. The topological polar surface area (TPSA) is 82.0 Å². The number of amides is 2. The molecular formula is C13H15N3O2. The third-order valence-corrected chi connectivity index (χ3v) is 2.40. The highest BCUT2D eigenvalue weighted by Gasteiger charge is 2.09. The Morgan fingerprint density at radius 2 is 2.17 bits per heavy atom. The van der Waals surface area contributed by atoms with Crippen molar-refractivity contribution in [1.29, 1.82) is 5.26 Å². The van der Waals surface area contributed by atoms with E-state index < -0.39 is 12.1 Å². The summed E-state index contributed by atoms with van der Waals surface area (Å²) in [4.78, 5) is 22.7. The first-order valence-corrected chi connectivity index (χ1v) is 5.65. The number of nitrogens with zero attached hydrogens (tertiary/aromatic N) is 1. The zero-order valence-electron chi connectivity index (χ0n) is 10.4. The Morgan fingerprint density at radius 3 is 2.72 bits per heavy atom. The van der Waals surface area contributed by atoms with Crippen LogP contribution in [-0.2, 0) is 0 Å². The zero-order chi connectivity index (χ0) is 13.5. The number of ketones is 1. The molecule has 2 N–H and O–H groups in total. The molecule has 0 heterocycles. The predicted octanol–water partition coefficient (Wildman–Crippen LogP) is 2.31. The third kappa shape index (κ3) is 3.91. The molecule has 1 aromatic rings. The van der Waals surface area contributed by atoms with Gasteiger partial charge in [-0.15, -0.1) is 0 Å². The number of nitrogens with one attached hydrogen (secondary N) is 2. The first kappa shape index (κ1) is 13.7. The van der Waals surface area contributed by atoms with Gasteiger partial charge < -0.3 is 10.6 Å². The van der Waals surface area contributed by atoms with Crippen molar-refractivity contribution >= 4 is 17.5 Å². The van der Waals surface area contributed by atoms with Gasteiger partial charge in [-0.05, 0) is 25.5 Å². The maximum Gasteiger partial charge on any atom is 0.320 e. The van der Waals surface area contributed by atoms with Crippen LogP contribution in [0, 0.1) is 11.3 Å². The average molecular weight is 245 g/mol. The molecule has 0 fully saturated rings. The minimum absolute atomic E-state index is 0.0671. The minimum Gasteiger partial charge on any atom is -0.322 e. The van der Waals surface area contributed by atoms with Crippen molar-refractivity contribution in [3.63, 3.8) is 0 Å². The fourth-order valence-corrected chi connectivity index (χ4v) is 1.37. The van der Waals surface area contributed by atoms with Crippen molar-refractivity contribution in [1.82, 2.24) is 5.32 Å². The number of nitriles is 1. The molecule has 0 radical (unpaired) electrons. The van der Waals surface area contributed by atoms with Gasteiger partial charge in [-0.3, -0.25) is 4.79 Å². The SMILES string of the molecule is CCC(C#N)NC(=O)Nc1cccc(C(C)=O)c1. The van der Waals surface area contributed by atoms with Crippen LogP contribution >= 0.6 is 0 Å². The van der Waals surface area contributed by atoms with E-state index in [4.69, 9.17) is 5.26 Å². The second kappa shape index (κ2) is 6.40. The molecule has 1 unspecified atom stereocenters. The van der Waals surface area contributed by atoms with E-state index in [1.807, 2.05) is 13.0 Å². The van der Waals surface area contributed by atoms with Gasteiger partial charge in [0.2, 0.25) is 0 Å². The molecule has 0 aliphatic carbocycles. The van der Waals surface area contributed by atoms with Crippen LogP contribution in [0.1, 0.15) is 30.6 Å². The Bertz CT molecular complexity index is 491. The highest BCUT2D eigenvalue weighted by Crippen LogP contribution is 2.11. The van der Waals surface area contributed by atoms with Crippen molar-refractivity contribution in [2.24, 2.45) is 0 Å². The van der Waals surface area contributed by atoms with Crippen LogP contribution in [0.4, 0.5) is 10.5 Å². The van der Waals surface area contributed by atoms with Gasteiger partial charge in [0.25, 0.3) is 0 Å². The smallest absolute Gasteiger partial charge is 0.320 e. The van der Waals surface area contributed by atoms with E-state index in [9.17, 15) is 9.59 Å². The van der Waals surface area contributed by atoms with Crippen LogP contribution in [0.25, 0.3) is 0 Å². The number of Topliss-reactive ketones (excluding diaryl/α,β-unsaturated/α-hetero) is 1. The van der Waals surface area contributed by atoms with Gasteiger partial charge in [0.05, 0.1) is 6.07 Å². The molecular weight excluding hydrogens is 230 g/mol. The minimum atomic E-state index is -0.513. The summed E-state index contributed by atoms with van der Waals surface area (Å²) in [6.07, 6.45) is 0.539. The molecule has 0 aliphatic rings. The fourth-order valence-electron chi connectivity index (χ4n) is 1.37. The molecule has 0 aliphatic heterocycles. The first-order chi connectivity index (χ1) is 8.56. The normalized spacial score (nSPS) is 11.2. The summed E-state index contributed by atoms with van der Waals surface area (Å²) in [5, 5.41) is 13.8. The number of benzene rings is 1. The molecule has 0 saturated carbocycles. The van der Waals surface area contributed by atoms with Crippen LogP contribution in [-0.4, -0.2) is 17.9 Å². The molecule has 0 spiro atoms. The highest BCUT2D eigenvalue weighted by atomic mass is 16.2. The highest BCUT2D eigenvalue weighted by molar-refractivity contribution is 5.96. The lowest BCUT2D eigenvalue weighted by molar-refractivity contribution is 0.101. The number of hydrogen-bond donors (Lipinski definition) is 2. The monoisotopic (exact) mass is 245 g/mol. The van der Waals surface area contributed by atoms with E-state index in [1.54, 1.807) is 24.3 Å². The quantitative estimate of drug-likeness (QED) is 0.798. The van der Waals surface area contributed by atoms with Gasteiger partial charge in [-0.1, -0.05) is 19.1 Å². The standard InChI is InChI=1S/C13H15N3O2/c1-3-11(8-14)15-13(18)16-12-6-4-5-10(7-12)9(2)17/h4-7,11H,3H2,1-2H3,(H2,15,16,18). The number of carbonyl (C=O) groups is 2. The van der Waals surface area contributed by atoms with Crippen LogP contribution in [0.3, 0.4) is 0 Å². The summed E-state index contributed by atoms with van der Waals surface area (Å²) in [5.74, 6) is -0.0671. The van der Waals surface area contributed by atoms with Crippen molar-refractivity contribution in [2.75, 3.05) is 5.32 Å². The van der Waals surface area contributed by atoms with Crippen molar-refractivity contribution in [2.45, 2.75) is 26.3 Å². The van der Waals surface area contributed by atoms with Gasteiger partial charge in [-0.25, -0.2) is 4.79 Å². The van der Waals surface area contributed by atoms with Gasteiger partial charge in [0.1, 0.15) is 6.04 Å². The number of hydrogen-bond acceptors (Lipinski definition) is 3. The summed E-state index contributed by atoms with van der Waals surface area (Å²) in [5.41, 5.74) is 1.05.